The van der Waals surface area contributed by atoms with Crippen molar-refractivity contribution in [1.29, 1.82) is 0 Å². The number of piperidine rings is 1. The number of likely N-dealkylation sites (tertiary alicyclic amines) is 1. The Morgan fingerprint density at radius 3 is 2.69 bits per heavy atom. The van der Waals surface area contributed by atoms with Crippen LogP contribution in [-0.4, -0.2) is 52.7 Å². The second kappa shape index (κ2) is 11.2. The van der Waals surface area contributed by atoms with Gasteiger partial charge in [-0.15, -0.1) is 0 Å². The van der Waals surface area contributed by atoms with Gasteiger partial charge in [-0.25, -0.2) is 0 Å². The number of nitrogens with zero attached hydrogens (tertiary/aromatic N) is 3. The van der Waals surface area contributed by atoms with E-state index in [4.69, 9.17) is 9.47 Å². The van der Waals surface area contributed by atoms with Gasteiger partial charge >= 0.3 is 0 Å². The number of hydrogen-bond donors (Lipinski definition) is 1. The average Bonchev–Trinajstić information content (AvgIpc) is 3.11. The van der Waals surface area contributed by atoms with E-state index in [1.807, 2.05) is 24.3 Å². The summed E-state index contributed by atoms with van der Waals surface area (Å²) in [6, 6.07) is 18.7. The van der Waals surface area contributed by atoms with Crippen molar-refractivity contribution in [2.24, 2.45) is 0 Å². The number of benzene rings is 2. The fourth-order valence-corrected chi connectivity index (χ4v) is 5.17. The maximum absolute atomic E-state index is 11.1. The van der Waals surface area contributed by atoms with Crippen molar-refractivity contribution in [1.82, 2.24) is 14.8 Å². The molecule has 1 saturated heterocycles. The molecular formula is C30H35N3O3. The molecule has 0 saturated carbocycles. The van der Waals surface area contributed by atoms with Gasteiger partial charge in [0.25, 0.3) is 0 Å². The van der Waals surface area contributed by atoms with Crippen LogP contribution in [0.15, 0.2) is 79.6 Å². The molecule has 0 unspecified atom stereocenters. The highest BCUT2D eigenvalue weighted by molar-refractivity contribution is 5.39. The zero-order valence-corrected chi connectivity index (χ0v) is 20.8. The van der Waals surface area contributed by atoms with E-state index in [-0.39, 0.29) is 0 Å². The standard InChI is InChI=1S/C30H35N3O3/c1-2-17-35-28-8-4-3-6-25(28)22-33-16-18-36-29-10-9-24(19-26(29)23-33)21-32-14-11-30(34,12-15-32)27-7-5-13-31-20-27/h2-10,13,19-20,34H,1,11-12,14-18,21-23H2. The lowest BCUT2D eigenvalue weighted by atomic mass is 9.85. The van der Waals surface area contributed by atoms with E-state index in [1.54, 1.807) is 18.5 Å². The molecule has 6 heteroatoms. The number of aromatic nitrogens is 1. The van der Waals surface area contributed by atoms with Crippen LogP contribution in [0.4, 0.5) is 0 Å². The van der Waals surface area contributed by atoms with Crippen molar-refractivity contribution in [3.63, 3.8) is 0 Å². The van der Waals surface area contributed by atoms with Crippen LogP contribution in [0.3, 0.4) is 0 Å². The number of aliphatic hydroxyl groups is 1. The van der Waals surface area contributed by atoms with Gasteiger partial charge in [0.15, 0.2) is 0 Å². The minimum atomic E-state index is -0.779. The maximum atomic E-state index is 11.1. The summed E-state index contributed by atoms with van der Waals surface area (Å²) in [5, 5.41) is 11.1. The van der Waals surface area contributed by atoms with Gasteiger partial charge in [0.05, 0.1) is 5.60 Å². The fourth-order valence-electron chi connectivity index (χ4n) is 5.17. The van der Waals surface area contributed by atoms with Crippen LogP contribution in [0.1, 0.15) is 35.1 Å². The summed E-state index contributed by atoms with van der Waals surface area (Å²) >= 11 is 0. The van der Waals surface area contributed by atoms with Crippen LogP contribution < -0.4 is 9.47 Å². The summed E-state index contributed by atoms with van der Waals surface area (Å²) in [5.41, 5.74) is 3.81. The molecule has 188 valence electrons. The Morgan fingerprint density at radius 1 is 1.03 bits per heavy atom. The zero-order chi connectivity index (χ0) is 24.8. The van der Waals surface area contributed by atoms with Crippen LogP contribution in [0.5, 0.6) is 11.5 Å². The Kier molecular flexibility index (Phi) is 7.66. The molecule has 1 N–H and O–H groups in total. The molecule has 2 aromatic carbocycles. The van der Waals surface area contributed by atoms with E-state index in [2.05, 4.69) is 51.7 Å². The van der Waals surface area contributed by atoms with Crippen LogP contribution in [-0.2, 0) is 25.2 Å². The number of ether oxygens (including phenoxy) is 2. The second-order valence-electron chi connectivity index (χ2n) is 9.76. The predicted octanol–water partition coefficient (Wildman–Crippen LogP) is 4.52. The summed E-state index contributed by atoms with van der Waals surface area (Å²) in [4.78, 5) is 9.03. The van der Waals surface area contributed by atoms with Crippen LogP contribution in [0.25, 0.3) is 0 Å². The molecule has 5 rings (SSSR count). The fraction of sp³-hybridized carbons (Fsp3) is 0.367. The van der Waals surface area contributed by atoms with Gasteiger partial charge in [-0.3, -0.25) is 14.8 Å². The molecule has 3 heterocycles. The summed E-state index contributed by atoms with van der Waals surface area (Å²) in [6.45, 7) is 10.0. The molecule has 2 aliphatic rings. The van der Waals surface area contributed by atoms with Crippen molar-refractivity contribution >= 4 is 0 Å². The van der Waals surface area contributed by atoms with E-state index in [0.717, 1.165) is 56.3 Å². The Bertz CT molecular complexity index is 1160. The molecule has 36 heavy (non-hydrogen) atoms. The molecule has 1 fully saturated rings. The molecular weight excluding hydrogens is 450 g/mol. The first-order chi connectivity index (χ1) is 17.6. The van der Waals surface area contributed by atoms with Crippen molar-refractivity contribution in [2.75, 3.05) is 32.8 Å². The van der Waals surface area contributed by atoms with Gasteiger partial charge in [-0.2, -0.15) is 0 Å². The highest BCUT2D eigenvalue weighted by Gasteiger charge is 2.34. The molecule has 0 radical (unpaired) electrons. The minimum absolute atomic E-state index is 0.502. The predicted molar refractivity (Wildman–Crippen MR) is 141 cm³/mol. The van der Waals surface area contributed by atoms with E-state index in [9.17, 15) is 5.11 Å². The highest BCUT2D eigenvalue weighted by atomic mass is 16.5. The maximum Gasteiger partial charge on any atom is 0.124 e. The van der Waals surface area contributed by atoms with Gasteiger partial charge in [-0.1, -0.05) is 43.0 Å². The summed E-state index contributed by atoms with van der Waals surface area (Å²) in [7, 11) is 0. The lowest BCUT2D eigenvalue weighted by molar-refractivity contribution is -0.0279. The SMILES string of the molecule is C=CCOc1ccccc1CN1CCOc2ccc(CN3CCC(O)(c4cccnc4)CC3)cc2C1. The van der Waals surface area contributed by atoms with Crippen molar-refractivity contribution < 1.29 is 14.6 Å². The third-order valence-electron chi connectivity index (χ3n) is 7.20. The summed E-state index contributed by atoms with van der Waals surface area (Å²) in [5.74, 6) is 1.88. The van der Waals surface area contributed by atoms with E-state index in [0.29, 0.717) is 26.1 Å². The summed E-state index contributed by atoms with van der Waals surface area (Å²) in [6.07, 6.45) is 6.75. The Balaban J connectivity index is 1.23. The quantitative estimate of drug-likeness (QED) is 0.474. The van der Waals surface area contributed by atoms with Gasteiger partial charge in [0.2, 0.25) is 0 Å². The van der Waals surface area contributed by atoms with Gasteiger partial charge in [-0.05, 0) is 42.7 Å². The molecule has 1 aromatic heterocycles. The number of fused-ring (bicyclic) bond motifs is 1. The van der Waals surface area contributed by atoms with Gasteiger partial charge < -0.3 is 14.6 Å². The highest BCUT2D eigenvalue weighted by Crippen LogP contribution is 2.33. The largest absolute Gasteiger partial charge is 0.492 e. The van der Waals surface area contributed by atoms with Gasteiger partial charge in [0, 0.05) is 68.4 Å². The van der Waals surface area contributed by atoms with E-state index in [1.165, 1.54) is 16.7 Å². The van der Waals surface area contributed by atoms with E-state index < -0.39 is 5.60 Å². The first-order valence-corrected chi connectivity index (χ1v) is 12.8. The smallest absolute Gasteiger partial charge is 0.124 e. The molecule has 0 bridgehead atoms. The van der Waals surface area contributed by atoms with Crippen LogP contribution in [0, 0.1) is 0 Å². The monoisotopic (exact) mass is 485 g/mol. The number of para-hydroxylation sites is 1. The molecule has 6 nitrogen and oxygen atoms in total. The molecule has 3 aromatic rings. The third-order valence-corrected chi connectivity index (χ3v) is 7.20. The summed E-state index contributed by atoms with van der Waals surface area (Å²) < 4.78 is 12.0. The number of pyridine rings is 1. The molecule has 0 aliphatic carbocycles. The molecule has 0 spiro atoms. The second-order valence-corrected chi connectivity index (χ2v) is 9.76. The minimum Gasteiger partial charge on any atom is -0.492 e. The third kappa shape index (κ3) is 5.78. The van der Waals surface area contributed by atoms with Crippen molar-refractivity contribution in [3.8, 4) is 11.5 Å². The lowest BCUT2D eigenvalue weighted by Crippen LogP contribution is -2.42. The normalized spacial score (nSPS) is 18.0. The Hall–Kier alpha value is -3.19. The Morgan fingerprint density at radius 2 is 1.89 bits per heavy atom. The average molecular weight is 486 g/mol. The van der Waals surface area contributed by atoms with Crippen LogP contribution in [0.2, 0.25) is 0 Å². The molecule has 2 aliphatic heterocycles. The van der Waals surface area contributed by atoms with Crippen molar-refractivity contribution in [3.05, 3.63) is 102 Å². The molecule has 0 atom stereocenters. The van der Waals surface area contributed by atoms with Gasteiger partial charge in [0.1, 0.15) is 24.7 Å². The number of hydrogen-bond acceptors (Lipinski definition) is 6. The first-order valence-electron chi connectivity index (χ1n) is 12.8. The Labute approximate surface area is 213 Å². The first kappa shape index (κ1) is 24.5. The molecule has 0 amide bonds. The van der Waals surface area contributed by atoms with Crippen molar-refractivity contribution in [2.45, 2.75) is 38.1 Å². The van der Waals surface area contributed by atoms with Crippen LogP contribution >= 0.6 is 0 Å². The lowest BCUT2D eigenvalue weighted by Gasteiger charge is -2.38. The topological polar surface area (TPSA) is 58.1 Å². The number of rotatable bonds is 8. The zero-order valence-electron chi connectivity index (χ0n) is 20.8. The van der Waals surface area contributed by atoms with E-state index >= 15 is 0 Å².